The molecule has 0 radical (unpaired) electrons. The molecule has 0 spiro atoms. The van der Waals surface area contributed by atoms with Crippen molar-refractivity contribution in [1.29, 1.82) is 0 Å². The van der Waals surface area contributed by atoms with Gasteiger partial charge in [-0.05, 0) is 53.0 Å². The zero-order valence-corrected chi connectivity index (χ0v) is 11.4. The van der Waals surface area contributed by atoms with Crippen LogP contribution >= 0.6 is 0 Å². The molecule has 2 aromatic carbocycles. The van der Waals surface area contributed by atoms with E-state index >= 15 is 0 Å². The Balaban J connectivity index is 1.80. The van der Waals surface area contributed by atoms with Crippen molar-refractivity contribution in [3.05, 3.63) is 59.2 Å². The summed E-state index contributed by atoms with van der Waals surface area (Å²) in [6, 6.07) is 15.9. The predicted molar refractivity (Wildman–Crippen MR) is 80.5 cm³/mol. The predicted octanol–water partition coefficient (Wildman–Crippen LogP) is 5.31. The Bertz CT molecular complexity index is 603. The zero-order valence-electron chi connectivity index (χ0n) is 11.4. The summed E-state index contributed by atoms with van der Waals surface area (Å²) in [5.41, 5.74) is 7.75. The normalized spacial score (nSPS) is 18.1. The molecule has 1 fully saturated rings. The molecule has 0 N–H and O–H groups in total. The number of rotatable bonds is 1. The van der Waals surface area contributed by atoms with Gasteiger partial charge in [-0.3, -0.25) is 0 Å². The van der Waals surface area contributed by atoms with Crippen molar-refractivity contribution in [1.82, 2.24) is 0 Å². The van der Waals surface area contributed by atoms with Crippen LogP contribution in [0.4, 0.5) is 0 Å². The summed E-state index contributed by atoms with van der Waals surface area (Å²) in [6.45, 7) is 0. The molecular formula is C19H20. The van der Waals surface area contributed by atoms with Crippen LogP contribution in [0.15, 0.2) is 42.5 Å². The molecule has 0 heterocycles. The molecule has 0 unspecified atom stereocenters. The Hall–Kier alpha value is -1.56. The van der Waals surface area contributed by atoms with Crippen LogP contribution < -0.4 is 0 Å². The number of hydrogen-bond donors (Lipinski definition) is 0. The van der Waals surface area contributed by atoms with Gasteiger partial charge in [-0.25, -0.2) is 0 Å². The summed E-state index contributed by atoms with van der Waals surface area (Å²) in [6.07, 6.45) is 8.21. The van der Waals surface area contributed by atoms with E-state index in [1.165, 1.54) is 48.8 Å². The van der Waals surface area contributed by atoms with Gasteiger partial charge in [0.05, 0.1) is 0 Å². The van der Waals surface area contributed by atoms with Crippen LogP contribution in [-0.2, 0) is 6.42 Å². The summed E-state index contributed by atoms with van der Waals surface area (Å²) in [5, 5.41) is 0. The highest BCUT2D eigenvalue weighted by atomic mass is 14.3. The maximum atomic E-state index is 2.39. The Kier molecular flexibility index (Phi) is 2.69. The van der Waals surface area contributed by atoms with E-state index in [2.05, 4.69) is 42.5 Å². The standard InChI is InChI=1S/C19H20/c1-2-7-14(8-3-1)16-11-6-12-18-17-10-5-4-9-15(17)13-19(16)18/h4-6,9-12,14H,1-3,7-8,13H2. The van der Waals surface area contributed by atoms with Gasteiger partial charge in [-0.2, -0.15) is 0 Å². The van der Waals surface area contributed by atoms with Crippen molar-refractivity contribution < 1.29 is 0 Å². The van der Waals surface area contributed by atoms with Gasteiger partial charge in [-0.15, -0.1) is 0 Å². The van der Waals surface area contributed by atoms with Crippen LogP contribution in [0, 0.1) is 0 Å². The lowest BCUT2D eigenvalue weighted by molar-refractivity contribution is 0.442. The van der Waals surface area contributed by atoms with Crippen molar-refractivity contribution in [2.75, 3.05) is 0 Å². The molecule has 1 saturated carbocycles. The monoisotopic (exact) mass is 248 g/mol. The van der Waals surface area contributed by atoms with Gasteiger partial charge in [0.15, 0.2) is 0 Å². The van der Waals surface area contributed by atoms with Crippen LogP contribution in [0.3, 0.4) is 0 Å². The molecule has 0 amide bonds. The van der Waals surface area contributed by atoms with Gasteiger partial charge in [-0.1, -0.05) is 61.7 Å². The average molecular weight is 248 g/mol. The highest BCUT2D eigenvalue weighted by molar-refractivity contribution is 5.78. The van der Waals surface area contributed by atoms with Gasteiger partial charge in [0.2, 0.25) is 0 Å². The van der Waals surface area contributed by atoms with Crippen LogP contribution in [0.5, 0.6) is 0 Å². The van der Waals surface area contributed by atoms with E-state index in [9.17, 15) is 0 Å². The third kappa shape index (κ3) is 1.82. The first-order chi connectivity index (χ1) is 9.43. The van der Waals surface area contributed by atoms with Crippen LogP contribution in [-0.4, -0.2) is 0 Å². The molecule has 2 aliphatic carbocycles. The molecule has 4 rings (SSSR count). The molecule has 96 valence electrons. The first-order valence-electron chi connectivity index (χ1n) is 7.63. The largest absolute Gasteiger partial charge is 0.0619 e. The van der Waals surface area contributed by atoms with Gasteiger partial charge in [0, 0.05) is 0 Å². The maximum absolute atomic E-state index is 2.39. The first-order valence-corrected chi connectivity index (χ1v) is 7.63. The van der Waals surface area contributed by atoms with E-state index in [0.717, 1.165) is 12.3 Å². The zero-order chi connectivity index (χ0) is 12.7. The third-order valence-electron chi connectivity index (χ3n) is 4.93. The van der Waals surface area contributed by atoms with Gasteiger partial charge in [0.1, 0.15) is 0 Å². The summed E-state index contributed by atoms with van der Waals surface area (Å²) >= 11 is 0. The molecule has 0 aliphatic heterocycles. The Morgan fingerprint density at radius 3 is 2.42 bits per heavy atom. The minimum absolute atomic E-state index is 0.818. The second-order valence-corrected chi connectivity index (χ2v) is 6.04. The van der Waals surface area contributed by atoms with E-state index in [1.54, 1.807) is 11.1 Å². The number of hydrogen-bond acceptors (Lipinski definition) is 0. The molecule has 0 aromatic heterocycles. The van der Waals surface area contributed by atoms with Gasteiger partial charge >= 0.3 is 0 Å². The van der Waals surface area contributed by atoms with Crippen molar-refractivity contribution >= 4 is 0 Å². The van der Waals surface area contributed by atoms with Crippen molar-refractivity contribution in [2.45, 2.75) is 44.4 Å². The van der Waals surface area contributed by atoms with E-state index in [1.807, 2.05) is 0 Å². The molecule has 0 bridgehead atoms. The fraction of sp³-hybridized carbons (Fsp3) is 0.368. The molecule has 0 atom stereocenters. The highest BCUT2D eigenvalue weighted by Crippen LogP contribution is 2.43. The topological polar surface area (TPSA) is 0 Å². The van der Waals surface area contributed by atoms with E-state index in [0.29, 0.717) is 0 Å². The summed E-state index contributed by atoms with van der Waals surface area (Å²) < 4.78 is 0. The second-order valence-electron chi connectivity index (χ2n) is 6.04. The van der Waals surface area contributed by atoms with E-state index in [-0.39, 0.29) is 0 Å². The molecule has 2 aromatic rings. The lowest BCUT2D eigenvalue weighted by atomic mass is 9.81. The SMILES string of the molecule is c1ccc2c(c1)Cc1c-2cccc1C1CCCCC1. The van der Waals surface area contributed by atoms with Crippen LogP contribution in [0.25, 0.3) is 11.1 Å². The Morgan fingerprint density at radius 2 is 1.53 bits per heavy atom. The fourth-order valence-electron chi connectivity index (χ4n) is 3.98. The van der Waals surface area contributed by atoms with Gasteiger partial charge in [0.25, 0.3) is 0 Å². The number of fused-ring (bicyclic) bond motifs is 3. The number of benzene rings is 2. The van der Waals surface area contributed by atoms with Crippen molar-refractivity contribution in [3.8, 4) is 11.1 Å². The summed E-state index contributed by atoms with van der Waals surface area (Å²) in [4.78, 5) is 0. The minimum atomic E-state index is 0.818. The van der Waals surface area contributed by atoms with Crippen LogP contribution in [0.1, 0.15) is 54.7 Å². The van der Waals surface area contributed by atoms with Crippen molar-refractivity contribution in [2.24, 2.45) is 0 Å². The molecule has 19 heavy (non-hydrogen) atoms. The van der Waals surface area contributed by atoms with Crippen molar-refractivity contribution in [3.63, 3.8) is 0 Å². The second kappa shape index (κ2) is 4.52. The van der Waals surface area contributed by atoms with Crippen LogP contribution in [0.2, 0.25) is 0 Å². The lowest BCUT2D eigenvalue weighted by Gasteiger charge is -2.24. The molecule has 0 saturated heterocycles. The Labute approximate surface area is 115 Å². The molecule has 2 aliphatic rings. The molecule has 0 heteroatoms. The molecule has 0 nitrogen and oxygen atoms in total. The van der Waals surface area contributed by atoms with E-state index < -0.39 is 0 Å². The summed E-state index contributed by atoms with van der Waals surface area (Å²) in [5.74, 6) is 0.818. The summed E-state index contributed by atoms with van der Waals surface area (Å²) in [7, 11) is 0. The first kappa shape index (κ1) is 11.3. The maximum Gasteiger partial charge on any atom is -0.00106 e. The minimum Gasteiger partial charge on any atom is -0.0619 e. The highest BCUT2D eigenvalue weighted by Gasteiger charge is 2.24. The third-order valence-corrected chi connectivity index (χ3v) is 4.93. The Morgan fingerprint density at radius 1 is 0.737 bits per heavy atom. The fourth-order valence-corrected chi connectivity index (χ4v) is 3.98. The van der Waals surface area contributed by atoms with Gasteiger partial charge < -0.3 is 0 Å². The smallest absolute Gasteiger partial charge is 0.00106 e. The van der Waals surface area contributed by atoms with E-state index in [4.69, 9.17) is 0 Å². The average Bonchev–Trinajstić information content (AvgIpc) is 2.87. The quantitative estimate of drug-likeness (QED) is 0.548. The molecular weight excluding hydrogens is 228 g/mol. The lowest BCUT2D eigenvalue weighted by Crippen LogP contribution is -2.07.